The summed E-state index contributed by atoms with van der Waals surface area (Å²) in [6, 6.07) is -1.57. The highest BCUT2D eigenvalue weighted by Gasteiger charge is 2.37. The zero-order valence-corrected chi connectivity index (χ0v) is 5.00. The second-order valence-corrected chi connectivity index (χ2v) is 1.62. The highest BCUT2D eigenvalue weighted by molar-refractivity contribution is 4.73. The van der Waals surface area contributed by atoms with Crippen LogP contribution in [-0.2, 0) is 0 Å². The lowest BCUT2D eigenvalue weighted by Gasteiger charge is -2.16. The first-order valence-electron chi connectivity index (χ1n) is 2.46. The van der Waals surface area contributed by atoms with Crippen LogP contribution < -0.4 is 11.1 Å². The Morgan fingerprint density at radius 3 is 2.00 bits per heavy atom. The van der Waals surface area contributed by atoms with Gasteiger partial charge in [-0.05, 0) is 7.05 Å². The fourth-order valence-electron chi connectivity index (χ4n) is 0.415. The monoisotopic (exact) mass is 142 g/mol. The molecular weight excluding hydrogens is 133 g/mol. The van der Waals surface area contributed by atoms with Crippen LogP contribution in [0.4, 0.5) is 13.2 Å². The highest BCUT2D eigenvalue weighted by atomic mass is 19.4. The fraction of sp³-hybridized carbons (Fsp3) is 1.00. The van der Waals surface area contributed by atoms with Crippen molar-refractivity contribution in [3.63, 3.8) is 0 Å². The number of nitrogens with one attached hydrogen (secondary N) is 1. The molecule has 3 N–H and O–H groups in total. The van der Waals surface area contributed by atoms with Crippen molar-refractivity contribution in [2.24, 2.45) is 5.73 Å². The van der Waals surface area contributed by atoms with Crippen molar-refractivity contribution in [1.29, 1.82) is 0 Å². The summed E-state index contributed by atoms with van der Waals surface area (Å²) in [6.45, 7) is -0.417. The van der Waals surface area contributed by atoms with E-state index >= 15 is 0 Å². The van der Waals surface area contributed by atoms with Gasteiger partial charge in [0.25, 0.3) is 0 Å². The molecule has 0 amide bonds. The first kappa shape index (κ1) is 8.71. The molecule has 1 atom stereocenters. The van der Waals surface area contributed by atoms with Gasteiger partial charge in [0, 0.05) is 6.54 Å². The fourth-order valence-corrected chi connectivity index (χ4v) is 0.415. The molecule has 0 aliphatic heterocycles. The summed E-state index contributed by atoms with van der Waals surface area (Å²) in [7, 11) is 1.23. The number of hydrogen-bond acceptors (Lipinski definition) is 2. The van der Waals surface area contributed by atoms with Gasteiger partial charge in [0.2, 0.25) is 0 Å². The van der Waals surface area contributed by atoms with Gasteiger partial charge in [-0.2, -0.15) is 13.2 Å². The molecule has 1 unspecified atom stereocenters. The predicted octanol–water partition coefficient (Wildman–Crippen LogP) is 0.0954. The van der Waals surface area contributed by atoms with E-state index < -0.39 is 18.8 Å². The summed E-state index contributed by atoms with van der Waals surface area (Å²) in [5, 5.41) is 2.04. The van der Waals surface area contributed by atoms with Crippen LogP contribution >= 0.6 is 0 Å². The van der Waals surface area contributed by atoms with Crippen LogP contribution in [0.25, 0.3) is 0 Å². The van der Waals surface area contributed by atoms with Gasteiger partial charge in [0.05, 0.1) is 0 Å². The highest BCUT2D eigenvalue weighted by Crippen LogP contribution is 2.18. The molecule has 0 bridgehead atoms. The van der Waals surface area contributed by atoms with E-state index in [0.29, 0.717) is 0 Å². The Balaban J connectivity index is 3.79. The van der Waals surface area contributed by atoms with Crippen LogP contribution in [-0.4, -0.2) is 25.8 Å². The number of rotatable bonds is 2. The lowest BCUT2D eigenvalue weighted by atomic mass is 10.3. The molecule has 0 aromatic rings. The van der Waals surface area contributed by atoms with Crippen LogP contribution in [0, 0.1) is 0 Å². The van der Waals surface area contributed by atoms with Gasteiger partial charge in [-0.25, -0.2) is 0 Å². The molecule has 0 aliphatic carbocycles. The molecular formula is C4H9F3N2. The molecule has 0 fully saturated rings. The number of nitrogens with two attached hydrogens (primary N) is 1. The van der Waals surface area contributed by atoms with Crippen LogP contribution in [0.2, 0.25) is 0 Å². The third-order valence-corrected chi connectivity index (χ3v) is 0.979. The van der Waals surface area contributed by atoms with Gasteiger partial charge in [0.1, 0.15) is 6.04 Å². The Morgan fingerprint density at radius 2 is 2.00 bits per heavy atom. The van der Waals surface area contributed by atoms with E-state index in [9.17, 15) is 13.2 Å². The molecule has 0 spiro atoms. The third-order valence-electron chi connectivity index (χ3n) is 0.979. The lowest BCUT2D eigenvalue weighted by molar-refractivity contribution is -0.151. The number of alkyl halides is 3. The number of hydrogen-bond donors (Lipinski definition) is 2. The van der Waals surface area contributed by atoms with E-state index in [4.69, 9.17) is 5.73 Å². The number of halogens is 3. The molecule has 2 nitrogen and oxygen atoms in total. The summed E-state index contributed by atoms with van der Waals surface area (Å²) in [4.78, 5) is 0. The molecule has 0 rings (SSSR count). The van der Waals surface area contributed by atoms with Gasteiger partial charge in [-0.1, -0.05) is 0 Å². The maximum absolute atomic E-state index is 11.6. The quantitative estimate of drug-likeness (QED) is 0.573. The van der Waals surface area contributed by atoms with Crippen LogP contribution in [0.3, 0.4) is 0 Å². The molecule has 9 heavy (non-hydrogen) atoms. The summed E-state index contributed by atoms with van der Waals surface area (Å²) < 4.78 is 34.7. The zero-order chi connectivity index (χ0) is 7.49. The Kier molecular flexibility index (Phi) is 2.93. The van der Waals surface area contributed by atoms with Gasteiger partial charge in [-0.3, -0.25) is 0 Å². The van der Waals surface area contributed by atoms with Crippen LogP contribution in [0.1, 0.15) is 0 Å². The van der Waals surface area contributed by atoms with Crippen molar-refractivity contribution in [2.75, 3.05) is 13.6 Å². The van der Waals surface area contributed by atoms with Gasteiger partial charge < -0.3 is 11.1 Å². The molecule has 0 saturated carbocycles. The second kappa shape index (κ2) is 3.03. The molecule has 0 aromatic carbocycles. The summed E-state index contributed by atoms with van der Waals surface area (Å²) in [5.74, 6) is 0. The summed E-state index contributed by atoms with van der Waals surface area (Å²) in [5.41, 5.74) is 4.79. The molecule has 0 aromatic heterocycles. The average Bonchev–Trinajstić information content (AvgIpc) is 1.65. The molecule has 0 heterocycles. The molecule has 5 heteroatoms. The topological polar surface area (TPSA) is 38.0 Å². The van der Waals surface area contributed by atoms with E-state index in [1.165, 1.54) is 7.05 Å². The maximum atomic E-state index is 11.6. The van der Waals surface area contributed by atoms with Crippen molar-refractivity contribution in [3.8, 4) is 0 Å². The first-order valence-corrected chi connectivity index (χ1v) is 2.46. The average molecular weight is 142 g/mol. The molecule has 56 valence electrons. The summed E-state index contributed by atoms with van der Waals surface area (Å²) >= 11 is 0. The number of likely N-dealkylation sites (N-methyl/N-ethyl adjacent to an activating group) is 1. The minimum absolute atomic E-state index is 0.417. The standard InChI is InChI=1S/C4H9F3N2/c1-9-3(2-8)4(5,6)7/h3,9H,2,8H2,1H3. The van der Waals surface area contributed by atoms with Crippen molar-refractivity contribution in [1.82, 2.24) is 5.32 Å². The molecule has 0 saturated heterocycles. The molecule has 0 radical (unpaired) electrons. The Bertz CT molecular complexity index is 76.4. The lowest BCUT2D eigenvalue weighted by Crippen LogP contribution is -2.45. The van der Waals surface area contributed by atoms with E-state index in [1.54, 1.807) is 0 Å². The molecule has 0 aliphatic rings. The Labute approximate surface area is 51.2 Å². The van der Waals surface area contributed by atoms with E-state index in [0.717, 1.165) is 0 Å². The summed E-state index contributed by atoms with van der Waals surface area (Å²) in [6.07, 6.45) is -4.22. The van der Waals surface area contributed by atoms with Crippen molar-refractivity contribution >= 4 is 0 Å². The first-order chi connectivity index (χ1) is 4.02. The SMILES string of the molecule is CNC(CN)C(F)(F)F. The van der Waals surface area contributed by atoms with E-state index in [2.05, 4.69) is 0 Å². The Hall–Kier alpha value is -0.290. The Morgan fingerprint density at radius 1 is 1.56 bits per heavy atom. The second-order valence-electron chi connectivity index (χ2n) is 1.62. The van der Waals surface area contributed by atoms with Gasteiger partial charge in [-0.15, -0.1) is 0 Å². The van der Waals surface area contributed by atoms with Crippen LogP contribution in [0.5, 0.6) is 0 Å². The van der Waals surface area contributed by atoms with E-state index in [-0.39, 0.29) is 0 Å². The van der Waals surface area contributed by atoms with Crippen LogP contribution in [0.15, 0.2) is 0 Å². The van der Waals surface area contributed by atoms with Crippen molar-refractivity contribution in [3.05, 3.63) is 0 Å². The third kappa shape index (κ3) is 2.67. The predicted molar refractivity (Wildman–Crippen MR) is 28.0 cm³/mol. The van der Waals surface area contributed by atoms with Gasteiger partial charge >= 0.3 is 6.18 Å². The minimum Gasteiger partial charge on any atom is -0.329 e. The zero-order valence-electron chi connectivity index (χ0n) is 5.00. The van der Waals surface area contributed by atoms with Crippen molar-refractivity contribution < 1.29 is 13.2 Å². The normalized spacial score (nSPS) is 15.7. The van der Waals surface area contributed by atoms with Crippen molar-refractivity contribution in [2.45, 2.75) is 12.2 Å². The smallest absolute Gasteiger partial charge is 0.329 e. The maximum Gasteiger partial charge on any atom is 0.405 e. The van der Waals surface area contributed by atoms with E-state index in [1.807, 2.05) is 5.32 Å². The minimum atomic E-state index is -4.22. The van der Waals surface area contributed by atoms with Gasteiger partial charge in [0.15, 0.2) is 0 Å². The largest absolute Gasteiger partial charge is 0.405 e.